The molecular formula is C11H13N3O7. The number of hydrogen-bond donors (Lipinski definition) is 5. The zero-order chi connectivity index (χ0) is 15.6. The monoisotopic (exact) mass is 299 g/mol. The van der Waals surface area contributed by atoms with Gasteiger partial charge in [0, 0.05) is 17.7 Å². The van der Waals surface area contributed by atoms with E-state index < -0.39 is 30.0 Å². The van der Waals surface area contributed by atoms with E-state index in [0.29, 0.717) is 11.3 Å². The van der Waals surface area contributed by atoms with Gasteiger partial charge in [0.25, 0.3) is 5.69 Å². The van der Waals surface area contributed by atoms with Crippen LogP contribution in [-0.4, -0.2) is 45.3 Å². The Hall–Kier alpha value is -2.43. The lowest BCUT2D eigenvalue weighted by Gasteiger charge is -2.30. The molecule has 0 fully saturated rings. The molecule has 1 aliphatic heterocycles. The molecule has 21 heavy (non-hydrogen) atoms. The molecule has 10 nitrogen and oxygen atoms in total. The SMILES string of the molecule is O=C(O)COCc1cc([N+](=O)[O-])cc2c1NC(O)C(O)N2. The van der Waals surface area contributed by atoms with Crippen molar-refractivity contribution in [1.29, 1.82) is 0 Å². The van der Waals surface area contributed by atoms with Crippen molar-refractivity contribution in [2.45, 2.75) is 19.1 Å². The van der Waals surface area contributed by atoms with Gasteiger partial charge in [-0.25, -0.2) is 4.79 Å². The van der Waals surface area contributed by atoms with E-state index in [-0.39, 0.29) is 18.0 Å². The fraction of sp³-hybridized carbons (Fsp3) is 0.364. The predicted molar refractivity (Wildman–Crippen MR) is 69.6 cm³/mol. The lowest BCUT2D eigenvalue weighted by Crippen LogP contribution is -2.43. The Morgan fingerprint density at radius 3 is 2.62 bits per heavy atom. The highest BCUT2D eigenvalue weighted by Crippen LogP contribution is 2.35. The number of fused-ring (bicyclic) bond motifs is 1. The Bertz CT molecular complexity index is 577. The molecule has 0 radical (unpaired) electrons. The van der Waals surface area contributed by atoms with Crippen molar-refractivity contribution in [1.82, 2.24) is 0 Å². The van der Waals surface area contributed by atoms with Gasteiger partial charge in [-0.05, 0) is 0 Å². The topological polar surface area (TPSA) is 154 Å². The van der Waals surface area contributed by atoms with Crippen LogP contribution in [-0.2, 0) is 16.1 Å². The minimum Gasteiger partial charge on any atom is -0.480 e. The van der Waals surface area contributed by atoms with E-state index in [0.717, 1.165) is 0 Å². The summed E-state index contributed by atoms with van der Waals surface area (Å²) in [5.74, 6) is -1.17. The molecular weight excluding hydrogens is 286 g/mol. The van der Waals surface area contributed by atoms with Gasteiger partial charge in [-0.15, -0.1) is 0 Å². The second-order valence-electron chi connectivity index (χ2n) is 4.35. The summed E-state index contributed by atoms with van der Waals surface area (Å²) in [7, 11) is 0. The van der Waals surface area contributed by atoms with Crippen LogP contribution in [0.3, 0.4) is 0 Å². The molecule has 0 aromatic heterocycles. The number of benzene rings is 1. The number of rotatable bonds is 5. The average Bonchev–Trinajstić information content (AvgIpc) is 2.39. The Labute approximate surface area is 118 Å². The fourth-order valence-electron chi connectivity index (χ4n) is 1.90. The van der Waals surface area contributed by atoms with Crippen molar-refractivity contribution in [2.75, 3.05) is 17.2 Å². The van der Waals surface area contributed by atoms with Crippen LogP contribution in [0, 0.1) is 10.1 Å². The van der Waals surface area contributed by atoms with E-state index in [2.05, 4.69) is 10.6 Å². The van der Waals surface area contributed by atoms with Gasteiger partial charge in [-0.1, -0.05) is 0 Å². The first kappa shape index (κ1) is 15.0. The molecule has 1 heterocycles. The zero-order valence-electron chi connectivity index (χ0n) is 10.6. The van der Waals surface area contributed by atoms with E-state index in [1.807, 2.05) is 0 Å². The van der Waals surface area contributed by atoms with Crippen LogP contribution >= 0.6 is 0 Å². The molecule has 2 atom stereocenters. The number of nitro benzene ring substituents is 1. The Morgan fingerprint density at radius 2 is 2.00 bits per heavy atom. The largest absolute Gasteiger partial charge is 0.480 e. The molecule has 0 saturated heterocycles. The number of carbonyl (C=O) groups is 1. The third-order valence-electron chi connectivity index (χ3n) is 2.79. The molecule has 2 rings (SSSR count). The minimum absolute atomic E-state index is 0.201. The van der Waals surface area contributed by atoms with E-state index in [1.54, 1.807) is 0 Å². The van der Waals surface area contributed by atoms with Gasteiger partial charge < -0.3 is 30.7 Å². The van der Waals surface area contributed by atoms with Crippen molar-refractivity contribution < 1.29 is 29.8 Å². The standard InChI is InChI=1S/C11H13N3O7/c15-8(16)4-21-3-5-1-6(14(19)20)2-7-9(5)13-11(18)10(17)12-7/h1-2,10-13,17-18H,3-4H2,(H,15,16). The highest BCUT2D eigenvalue weighted by molar-refractivity contribution is 5.78. The van der Waals surface area contributed by atoms with Crippen LogP contribution in [0.25, 0.3) is 0 Å². The van der Waals surface area contributed by atoms with Crippen LogP contribution < -0.4 is 10.6 Å². The molecule has 1 aliphatic rings. The van der Waals surface area contributed by atoms with Gasteiger partial charge in [0.05, 0.1) is 22.9 Å². The third kappa shape index (κ3) is 3.37. The highest BCUT2D eigenvalue weighted by Gasteiger charge is 2.27. The van der Waals surface area contributed by atoms with E-state index in [9.17, 15) is 25.1 Å². The zero-order valence-corrected chi connectivity index (χ0v) is 10.6. The van der Waals surface area contributed by atoms with Crippen LogP contribution in [0.5, 0.6) is 0 Å². The minimum atomic E-state index is -1.33. The third-order valence-corrected chi connectivity index (χ3v) is 2.79. The first-order valence-corrected chi connectivity index (χ1v) is 5.88. The van der Waals surface area contributed by atoms with Crippen LogP contribution in [0.15, 0.2) is 12.1 Å². The van der Waals surface area contributed by atoms with Crippen molar-refractivity contribution in [3.05, 3.63) is 27.8 Å². The number of nitrogens with zero attached hydrogens (tertiary/aromatic N) is 1. The van der Waals surface area contributed by atoms with Crippen molar-refractivity contribution in [2.24, 2.45) is 0 Å². The molecule has 5 N–H and O–H groups in total. The van der Waals surface area contributed by atoms with E-state index >= 15 is 0 Å². The van der Waals surface area contributed by atoms with Crippen molar-refractivity contribution in [3.63, 3.8) is 0 Å². The molecule has 2 unspecified atom stereocenters. The fourth-order valence-corrected chi connectivity index (χ4v) is 1.90. The van der Waals surface area contributed by atoms with E-state index in [1.165, 1.54) is 12.1 Å². The lowest BCUT2D eigenvalue weighted by molar-refractivity contribution is -0.384. The number of carboxylic acid groups (broad SMARTS) is 1. The smallest absolute Gasteiger partial charge is 0.329 e. The summed E-state index contributed by atoms with van der Waals surface area (Å²) in [5, 5.41) is 43.5. The number of aliphatic hydroxyl groups is 2. The first-order valence-electron chi connectivity index (χ1n) is 5.88. The number of non-ortho nitro benzene ring substituents is 1. The van der Waals surface area contributed by atoms with Crippen LogP contribution in [0.4, 0.5) is 17.1 Å². The summed E-state index contributed by atoms with van der Waals surface area (Å²) in [6.45, 7) is -0.760. The number of aliphatic carboxylic acids is 1. The average molecular weight is 299 g/mol. The Balaban J connectivity index is 2.32. The number of hydrogen-bond acceptors (Lipinski definition) is 8. The molecule has 0 bridgehead atoms. The molecule has 0 saturated carbocycles. The second-order valence-corrected chi connectivity index (χ2v) is 4.35. The quantitative estimate of drug-likeness (QED) is 0.363. The van der Waals surface area contributed by atoms with Gasteiger partial charge >= 0.3 is 5.97 Å². The number of aliphatic hydroxyl groups excluding tert-OH is 2. The van der Waals surface area contributed by atoms with Gasteiger partial charge in [0.1, 0.15) is 6.61 Å². The molecule has 114 valence electrons. The maximum absolute atomic E-state index is 10.9. The molecule has 1 aromatic carbocycles. The van der Waals surface area contributed by atoms with Gasteiger partial charge in [0.15, 0.2) is 12.5 Å². The predicted octanol–water partition coefficient (Wildman–Crippen LogP) is -0.330. The summed E-state index contributed by atoms with van der Waals surface area (Å²) in [5.41, 5.74) is 0.569. The Kier molecular flexibility index (Phi) is 4.21. The first-order chi connectivity index (χ1) is 9.88. The molecule has 1 aromatic rings. The molecule has 0 spiro atoms. The van der Waals surface area contributed by atoms with Gasteiger partial charge in [-0.2, -0.15) is 0 Å². The summed E-state index contributed by atoms with van der Waals surface area (Å²) in [6.07, 6.45) is -2.63. The van der Waals surface area contributed by atoms with E-state index in [4.69, 9.17) is 9.84 Å². The van der Waals surface area contributed by atoms with Crippen molar-refractivity contribution in [3.8, 4) is 0 Å². The molecule has 10 heteroatoms. The van der Waals surface area contributed by atoms with Crippen LogP contribution in [0.1, 0.15) is 5.56 Å². The molecule has 0 aliphatic carbocycles. The summed E-state index contributed by atoms with van der Waals surface area (Å²) in [6, 6.07) is 2.40. The Morgan fingerprint density at radius 1 is 1.33 bits per heavy atom. The molecule has 0 amide bonds. The number of anilines is 2. The lowest BCUT2D eigenvalue weighted by atomic mass is 10.1. The van der Waals surface area contributed by atoms with Crippen LogP contribution in [0.2, 0.25) is 0 Å². The number of ether oxygens (including phenoxy) is 1. The van der Waals surface area contributed by atoms with Crippen molar-refractivity contribution >= 4 is 23.0 Å². The van der Waals surface area contributed by atoms with Gasteiger partial charge in [-0.3, -0.25) is 10.1 Å². The second kappa shape index (κ2) is 5.91. The summed E-state index contributed by atoms with van der Waals surface area (Å²) in [4.78, 5) is 20.7. The summed E-state index contributed by atoms with van der Waals surface area (Å²) < 4.78 is 4.91. The maximum atomic E-state index is 10.9. The summed E-state index contributed by atoms with van der Waals surface area (Å²) >= 11 is 0. The maximum Gasteiger partial charge on any atom is 0.329 e. The number of nitro groups is 1. The number of carboxylic acids is 1. The normalized spacial score (nSPS) is 20.1. The van der Waals surface area contributed by atoms with Gasteiger partial charge in [0.2, 0.25) is 0 Å². The number of nitrogens with one attached hydrogen (secondary N) is 2. The highest BCUT2D eigenvalue weighted by atomic mass is 16.6.